The molecule has 3 aliphatic heterocycles. The maximum atomic E-state index is 14.3. The molecule has 9 heteroatoms. The van der Waals surface area contributed by atoms with Gasteiger partial charge in [0, 0.05) is 35.7 Å². The average Bonchev–Trinajstić information content (AvgIpc) is 3.51. The van der Waals surface area contributed by atoms with Crippen LogP contribution in [0.2, 0.25) is 5.02 Å². The van der Waals surface area contributed by atoms with Crippen LogP contribution in [-0.2, 0) is 19.1 Å². The summed E-state index contributed by atoms with van der Waals surface area (Å²) in [5.74, 6) is -1.88. The zero-order valence-corrected chi connectivity index (χ0v) is 21.9. The Balaban J connectivity index is 1.70. The van der Waals surface area contributed by atoms with Crippen LogP contribution in [0.4, 0.5) is 5.69 Å². The van der Waals surface area contributed by atoms with Crippen molar-refractivity contribution >= 4 is 46.8 Å². The summed E-state index contributed by atoms with van der Waals surface area (Å²) in [5, 5.41) is 9.84. The van der Waals surface area contributed by atoms with Crippen LogP contribution in [0.1, 0.15) is 32.1 Å². The van der Waals surface area contributed by atoms with Gasteiger partial charge in [-0.25, -0.2) is 0 Å². The molecule has 3 aliphatic rings. The first-order valence-corrected chi connectivity index (χ1v) is 13.7. The highest BCUT2D eigenvalue weighted by Gasteiger charge is 2.74. The van der Waals surface area contributed by atoms with Gasteiger partial charge >= 0.3 is 5.97 Å². The van der Waals surface area contributed by atoms with Crippen molar-refractivity contribution in [3.8, 4) is 0 Å². The molecule has 1 aromatic rings. The van der Waals surface area contributed by atoms with Gasteiger partial charge in [-0.05, 0) is 56.4 Å². The molecule has 0 aliphatic carbocycles. The van der Waals surface area contributed by atoms with Crippen LogP contribution < -0.4 is 4.90 Å². The summed E-state index contributed by atoms with van der Waals surface area (Å²) in [6.45, 7) is 8.36. The summed E-state index contributed by atoms with van der Waals surface area (Å²) in [4.78, 5) is 44.6. The number of benzene rings is 1. The molecule has 36 heavy (non-hydrogen) atoms. The van der Waals surface area contributed by atoms with Gasteiger partial charge in [-0.2, -0.15) is 0 Å². The number of carbonyl (C=O) groups excluding carboxylic acids is 3. The molecule has 0 aromatic heterocycles. The fraction of sp³-hybridized carbons (Fsp3) is 0.519. The maximum Gasteiger partial charge on any atom is 0.310 e. The van der Waals surface area contributed by atoms with Crippen LogP contribution >= 0.6 is 23.4 Å². The van der Waals surface area contributed by atoms with Gasteiger partial charge in [0.05, 0.1) is 23.2 Å². The van der Waals surface area contributed by atoms with E-state index in [4.69, 9.17) is 16.3 Å². The van der Waals surface area contributed by atoms with E-state index in [-0.39, 0.29) is 42.8 Å². The maximum absolute atomic E-state index is 14.3. The van der Waals surface area contributed by atoms with E-state index in [1.165, 1.54) is 0 Å². The van der Waals surface area contributed by atoms with Crippen molar-refractivity contribution in [1.29, 1.82) is 0 Å². The van der Waals surface area contributed by atoms with Crippen molar-refractivity contribution in [1.82, 2.24) is 4.90 Å². The predicted octanol–water partition coefficient (Wildman–Crippen LogP) is 3.84. The lowest BCUT2D eigenvalue weighted by molar-refractivity contribution is -0.154. The molecule has 2 bridgehead atoms. The Morgan fingerprint density at radius 2 is 2.00 bits per heavy atom. The number of aliphatic hydroxyl groups excluding tert-OH is 1. The molecule has 2 amide bonds. The number of aliphatic hydroxyl groups is 1. The number of rotatable bonds is 12. The standard InChI is InChI=1S/C27H33ClN2O5S/c1-3-5-17-35-26(34)21-20-12-13-27(36-20)22(21)24(32)30(15-6-7-16-31)23(27)25(33)29(14-4-2)19-10-8-18(28)9-11-19/h3-4,8-11,20-23,31H,1-2,5-7,12-17H2/t20-,21+,22-,23?,27?/m0/s1. The number of esters is 1. The number of hydrogen-bond donors (Lipinski definition) is 1. The Labute approximate surface area is 221 Å². The first-order valence-electron chi connectivity index (χ1n) is 12.4. The van der Waals surface area contributed by atoms with Crippen LogP contribution in [0.5, 0.6) is 0 Å². The highest BCUT2D eigenvalue weighted by Crippen LogP contribution is 2.66. The Hall–Kier alpha value is -2.29. The third kappa shape index (κ3) is 4.71. The van der Waals surface area contributed by atoms with E-state index >= 15 is 0 Å². The second-order valence-corrected chi connectivity index (χ2v) is 11.5. The molecular formula is C27H33ClN2O5S. The van der Waals surface area contributed by atoms with Gasteiger partial charge in [-0.15, -0.1) is 24.9 Å². The number of carbonyl (C=O) groups is 3. The van der Waals surface area contributed by atoms with Crippen molar-refractivity contribution in [3.63, 3.8) is 0 Å². The molecule has 1 N–H and O–H groups in total. The summed E-state index contributed by atoms with van der Waals surface area (Å²) < 4.78 is 4.83. The highest BCUT2D eigenvalue weighted by molar-refractivity contribution is 8.02. The highest BCUT2D eigenvalue weighted by atomic mass is 35.5. The van der Waals surface area contributed by atoms with Gasteiger partial charge in [0.15, 0.2) is 0 Å². The van der Waals surface area contributed by atoms with Crippen molar-refractivity contribution in [3.05, 3.63) is 54.6 Å². The minimum Gasteiger partial charge on any atom is -0.465 e. The van der Waals surface area contributed by atoms with Crippen molar-refractivity contribution < 1.29 is 24.2 Å². The fourth-order valence-corrected chi connectivity index (χ4v) is 8.22. The normalized spacial score (nSPS) is 28.2. The number of ether oxygens (including phenoxy) is 1. The lowest BCUT2D eigenvalue weighted by atomic mass is 9.71. The predicted molar refractivity (Wildman–Crippen MR) is 142 cm³/mol. The largest absolute Gasteiger partial charge is 0.465 e. The average molecular weight is 533 g/mol. The number of likely N-dealkylation sites (tertiary alicyclic amines) is 1. The van der Waals surface area contributed by atoms with E-state index in [1.807, 2.05) is 0 Å². The van der Waals surface area contributed by atoms with Gasteiger partial charge < -0.3 is 19.6 Å². The number of amides is 2. The summed E-state index contributed by atoms with van der Waals surface area (Å²) in [6, 6.07) is 6.30. The lowest BCUT2D eigenvalue weighted by Crippen LogP contribution is -2.55. The summed E-state index contributed by atoms with van der Waals surface area (Å²) in [5.41, 5.74) is 0.671. The second-order valence-electron chi connectivity index (χ2n) is 9.48. The molecule has 0 radical (unpaired) electrons. The number of fused-ring (bicyclic) bond motifs is 1. The number of halogens is 1. The van der Waals surface area contributed by atoms with Gasteiger partial charge in [-0.3, -0.25) is 14.4 Å². The molecule has 5 atom stereocenters. The Morgan fingerprint density at radius 3 is 2.67 bits per heavy atom. The minimum atomic E-state index is -0.717. The first-order chi connectivity index (χ1) is 17.4. The zero-order chi connectivity index (χ0) is 25.9. The number of unbranched alkanes of at least 4 members (excludes halogenated alkanes) is 1. The van der Waals surface area contributed by atoms with Gasteiger partial charge in [0.1, 0.15) is 6.04 Å². The van der Waals surface area contributed by atoms with E-state index in [2.05, 4.69) is 13.2 Å². The topological polar surface area (TPSA) is 87.2 Å². The van der Waals surface area contributed by atoms with Crippen LogP contribution in [0, 0.1) is 11.8 Å². The van der Waals surface area contributed by atoms with Crippen molar-refractivity contribution in [2.45, 2.75) is 48.1 Å². The minimum absolute atomic E-state index is 0.0116. The SMILES string of the molecule is C=CCCOC(=O)[C@@H]1[C@@H]2CCC3(S2)C(C(=O)N(CC=C)c2ccc(Cl)cc2)N(CCCCO)C(=O)[C@H]13. The first kappa shape index (κ1) is 26.8. The smallest absolute Gasteiger partial charge is 0.310 e. The Morgan fingerprint density at radius 1 is 1.25 bits per heavy atom. The molecular weight excluding hydrogens is 500 g/mol. The quantitative estimate of drug-likeness (QED) is 0.250. The fourth-order valence-electron chi connectivity index (χ4n) is 5.89. The van der Waals surface area contributed by atoms with E-state index in [0.717, 1.165) is 6.42 Å². The van der Waals surface area contributed by atoms with E-state index in [9.17, 15) is 19.5 Å². The molecule has 1 aromatic carbocycles. The van der Waals surface area contributed by atoms with Gasteiger partial charge in [-0.1, -0.05) is 23.8 Å². The lowest BCUT2D eigenvalue weighted by Gasteiger charge is -2.37. The molecule has 3 saturated heterocycles. The number of hydrogen-bond acceptors (Lipinski definition) is 6. The third-order valence-electron chi connectivity index (χ3n) is 7.40. The van der Waals surface area contributed by atoms with E-state index in [1.54, 1.807) is 58.0 Å². The van der Waals surface area contributed by atoms with Crippen LogP contribution in [0.15, 0.2) is 49.6 Å². The summed E-state index contributed by atoms with van der Waals surface area (Å²) in [6.07, 6.45) is 6.43. The monoisotopic (exact) mass is 532 g/mol. The second kappa shape index (κ2) is 11.4. The summed E-state index contributed by atoms with van der Waals surface area (Å²) >= 11 is 7.69. The van der Waals surface area contributed by atoms with Crippen LogP contribution in [-0.4, -0.2) is 70.1 Å². The molecule has 3 fully saturated rings. The van der Waals surface area contributed by atoms with E-state index < -0.39 is 22.6 Å². The van der Waals surface area contributed by atoms with Crippen molar-refractivity contribution in [2.75, 3.05) is 31.2 Å². The molecule has 7 nitrogen and oxygen atoms in total. The summed E-state index contributed by atoms with van der Waals surface area (Å²) in [7, 11) is 0. The van der Waals surface area contributed by atoms with Crippen LogP contribution in [0.25, 0.3) is 0 Å². The molecule has 2 unspecified atom stereocenters. The molecule has 194 valence electrons. The third-order valence-corrected chi connectivity index (χ3v) is 9.60. The number of anilines is 1. The molecule has 0 saturated carbocycles. The number of thioether (sulfide) groups is 1. The van der Waals surface area contributed by atoms with Gasteiger partial charge in [0.25, 0.3) is 5.91 Å². The molecule has 1 spiro atoms. The van der Waals surface area contributed by atoms with E-state index in [0.29, 0.717) is 42.9 Å². The molecule has 3 heterocycles. The Bertz CT molecular complexity index is 1020. The zero-order valence-electron chi connectivity index (χ0n) is 20.3. The Kier molecular flexibility index (Phi) is 8.48. The van der Waals surface area contributed by atoms with Crippen molar-refractivity contribution in [2.24, 2.45) is 11.8 Å². The van der Waals surface area contributed by atoms with Gasteiger partial charge in [0.2, 0.25) is 5.91 Å². The molecule has 4 rings (SSSR count). The van der Waals surface area contributed by atoms with Crippen LogP contribution in [0.3, 0.4) is 0 Å². The number of nitrogens with zero attached hydrogens (tertiary/aromatic N) is 2.